The van der Waals surface area contributed by atoms with Crippen LogP contribution in [0.5, 0.6) is 0 Å². The Morgan fingerprint density at radius 1 is 1.12 bits per heavy atom. The monoisotopic (exact) mass is 473 g/mol. The van der Waals surface area contributed by atoms with E-state index in [0.717, 1.165) is 72.8 Å². The van der Waals surface area contributed by atoms with E-state index >= 15 is 0 Å². The minimum Gasteiger partial charge on any atom is -0.365 e. The second-order valence-electron chi connectivity index (χ2n) is 8.83. The van der Waals surface area contributed by atoms with Crippen molar-refractivity contribution in [3.8, 4) is 10.6 Å². The Kier molecular flexibility index (Phi) is 6.05. The maximum Gasteiger partial charge on any atom is 0.264 e. The van der Waals surface area contributed by atoms with Crippen molar-refractivity contribution in [2.45, 2.75) is 50.5 Å². The van der Waals surface area contributed by atoms with E-state index < -0.39 is 0 Å². The van der Waals surface area contributed by atoms with Gasteiger partial charge in [-0.25, -0.2) is 4.98 Å². The number of piperidine rings is 1. The number of H-pyrrole nitrogens is 1. The summed E-state index contributed by atoms with van der Waals surface area (Å²) < 4.78 is 1.08. The SMILES string of the molecule is Cl.O=c1[nH]c(N2CCCC2)nc(N[C@@H]2CCCNC2)c1-c1nc2c(C3CC3)nccc2s1. The molecule has 3 aliphatic rings. The van der Waals surface area contributed by atoms with Gasteiger partial charge in [0, 0.05) is 37.8 Å². The fraction of sp³-hybridized carbons (Fsp3) is 0.545. The third-order valence-electron chi connectivity index (χ3n) is 6.46. The normalized spacial score (nSPS) is 21.0. The quantitative estimate of drug-likeness (QED) is 0.521. The first kappa shape index (κ1) is 21.6. The molecule has 0 bridgehead atoms. The summed E-state index contributed by atoms with van der Waals surface area (Å²) in [6.07, 6.45) is 8.66. The van der Waals surface area contributed by atoms with Crippen LogP contribution in [-0.2, 0) is 0 Å². The molecule has 3 fully saturated rings. The highest BCUT2D eigenvalue weighted by Gasteiger charge is 2.29. The molecule has 0 aromatic carbocycles. The summed E-state index contributed by atoms with van der Waals surface area (Å²) in [6.45, 7) is 3.79. The lowest BCUT2D eigenvalue weighted by Gasteiger charge is -2.26. The molecule has 5 heterocycles. The van der Waals surface area contributed by atoms with Gasteiger partial charge in [0.15, 0.2) is 0 Å². The summed E-state index contributed by atoms with van der Waals surface area (Å²) in [4.78, 5) is 33.0. The van der Waals surface area contributed by atoms with E-state index in [-0.39, 0.29) is 24.0 Å². The first-order valence-corrected chi connectivity index (χ1v) is 12.2. The summed E-state index contributed by atoms with van der Waals surface area (Å²) in [5.41, 5.74) is 2.45. The lowest BCUT2D eigenvalue weighted by molar-refractivity contribution is 0.479. The van der Waals surface area contributed by atoms with Gasteiger partial charge in [-0.05, 0) is 51.1 Å². The van der Waals surface area contributed by atoms with Gasteiger partial charge in [0.25, 0.3) is 5.56 Å². The third-order valence-corrected chi connectivity index (χ3v) is 7.50. The highest BCUT2D eigenvalue weighted by atomic mass is 35.5. The molecule has 10 heteroatoms. The van der Waals surface area contributed by atoms with E-state index in [1.165, 1.54) is 12.8 Å². The predicted molar refractivity (Wildman–Crippen MR) is 131 cm³/mol. The Morgan fingerprint density at radius 3 is 2.72 bits per heavy atom. The van der Waals surface area contributed by atoms with E-state index in [1.807, 2.05) is 12.3 Å². The van der Waals surface area contributed by atoms with Crippen molar-refractivity contribution >= 4 is 45.7 Å². The number of nitrogens with one attached hydrogen (secondary N) is 3. The number of rotatable bonds is 5. The van der Waals surface area contributed by atoms with Crippen molar-refractivity contribution in [3.63, 3.8) is 0 Å². The number of anilines is 2. The van der Waals surface area contributed by atoms with Crippen molar-refractivity contribution in [3.05, 3.63) is 28.3 Å². The van der Waals surface area contributed by atoms with Crippen LogP contribution in [-0.4, -0.2) is 52.2 Å². The molecule has 3 aromatic rings. The first-order chi connectivity index (χ1) is 15.3. The fourth-order valence-corrected chi connectivity index (χ4v) is 5.66. The van der Waals surface area contributed by atoms with Crippen LogP contribution in [0.2, 0.25) is 0 Å². The van der Waals surface area contributed by atoms with Crippen molar-refractivity contribution in [1.29, 1.82) is 0 Å². The van der Waals surface area contributed by atoms with Crippen LogP contribution in [0.3, 0.4) is 0 Å². The number of fused-ring (bicyclic) bond motifs is 1. The highest BCUT2D eigenvalue weighted by Crippen LogP contribution is 2.43. The van der Waals surface area contributed by atoms with Gasteiger partial charge in [0.2, 0.25) is 5.95 Å². The van der Waals surface area contributed by atoms with Gasteiger partial charge < -0.3 is 15.5 Å². The fourth-order valence-electron chi connectivity index (χ4n) is 4.65. The average molecular weight is 474 g/mol. The van der Waals surface area contributed by atoms with Crippen molar-refractivity contribution in [2.24, 2.45) is 0 Å². The minimum atomic E-state index is -0.122. The Hall–Kier alpha value is -2.23. The van der Waals surface area contributed by atoms with Crippen LogP contribution in [0.15, 0.2) is 17.1 Å². The molecule has 1 atom stereocenters. The number of nitrogens with zero attached hydrogens (tertiary/aromatic N) is 4. The maximum absolute atomic E-state index is 13.3. The van der Waals surface area contributed by atoms with Crippen molar-refractivity contribution < 1.29 is 0 Å². The van der Waals surface area contributed by atoms with E-state index in [2.05, 4.69) is 25.5 Å². The minimum absolute atomic E-state index is 0. The molecule has 0 amide bonds. The van der Waals surface area contributed by atoms with Gasteiger partial charge in [0.05, 0.1) is 10.4 Å². The van der Waals surface area contributed by atoms with Crippen LogP contribution in [0, 0.1) is 0 Å². The second-order valence-corrected chi connectivity index (χ2v) is 9.86. The molecular formula is C22H28ClN7OS. The van der Waals surface area contributed by atoms with E-state index in [9.17, 15) is 4.79 Å². The Balaban J connectivity index is 0.00000216. The molecule has 3 aromatic heterocycles. The van der Waals surface area contributed by atoms with Crippen LogP contribution >= 0.6 is 23.7 Å². The number of thiazole rings is 1. The summed E-state index contributed by atoms with van der Waals surface area (Å²) in [5, 5.41) is 7.74. The molecule has 0 unspecified atom stereocenters. The smallest absolute Gasteiger partial charge is 0.264 e. The van der Waals surface area contributed by atoms with E-state index in [0.29, 0.717) is 23.2 Å². The summed E-state index contributed by atoms with van der Waals surface area (Å²) in [7, 11) is 0. The molecule has 2 aliphatic heterocycles. The summed E-state index contributed by atoms with van der Waals surface area (Å²) in [6, 6.07) is 2.26. The molecular weight excluding hydrogens is 446 g/mol. The van der Waals surface area contributed by atoms with Crippen LogP contribution < -0.4 is 21.1 Å². The number of aromatic amines is 1. The molecule has 3 N–H and O–H groups in total. The number of pyridine rings is 1. The molecule has 32 heavy (non-hydrogen) atoms. The molecule has 170 valence electrons. The zero-order valence-electron chi connectivity index (χ0n) is 17.9. The van der Waals surface area contributed by atoms with Gasteiger partial charge in [0.1, 0.15) is 21.9 Å². The average Bonchev–Trinajstić information content (AvgIpc) is 3.30. The number of hydrogen-bond donors (Lipinski definition) is 3. The van der Waals surface area contributed by atoms with E-state index in [4.69, 9.17) is 9.97 Å². The number of halogens is 1. The van der Waals surface area contributed by atoms with Gasteiger partial charge in [-0.2, -0.15) is 4.98 Å². The lowest BCUT2D eigenvalue weighted by atomic mass is 10.1. The Bertz CT molecular complexity index is 1160. The molecule has 1 saturated carbocycles. The summed E-state index contributed by atoms with van der Waals surface area (Å²) in [5.74, 6) is 1.83. The van der Waals surface area contributed by atoms with E-state index in [1.54, 1.807) is 11.3 Å². The van der Waals surface area contributed by atoms with Crippen LogP contribution in [0.25, 0.3) is 20.8 Å². The molecule has 2 saturated heterocycles. The van der Waals surface area contributed by atoms with Gasteiger partial charge in [-0.15, -0.1) is 23.7 Å². The van der Waals surface area contributed by atoms with Crippen LogP contribution in [0.4, 0.5) is 11.8 Å². The highest BCUT2D eigenvalue weighted by molar-refractivity contribution is 7.21. The lowest BCUT2D eigenvalue weighted by Crippen LogP contribution is -2.39. The number of aromatic nitrogens is 4. The third kappa shape index (κ3) is 4.09. The predicted octanol–water partition coefficient (Wildman–Crippen LogP) is 3.50. The molecule has 8 nitrogen and oxygen atoms in total. The van der Waals surface area contributed by atoms with Crippen LogP contribution in [0.1, 0.15) is 50.1 Å². The molecule has 1 aliphatic carbocycles. The molecule has 0 spiro atoms. The van der Waals surface area contributed by atoms with Gasteiger partial charge in [-0.3, -0.25) is 14.8 Å². The van der Waals surface area contributed by atoms with Gasteiger partial charge >= 0.3 is 0 Å². The topological polar surface area (TPSA) is 98.8 Å². The van der Waals surface area contributed by atoms with Crippen molar-refractivity contribution in [1.82, 2.24) is 25.3 Å². The summed E-state index contributed by atoms with van der Waals surface area (Å²) >= 11 is 1.56. The Morgan fingerprint density at radius 2 is 1.97 bits per heavy atom. The van der Waals surface area contributed by atoms with Gasteiger partial charge in [-0.1, -0.05) is 0 Å². The number of hydrogen-bond acceptors (Lipinski definition) is 8. The zero-order chi connectivity index (χ0) is 20.8. The first-order valence-electron chi connectivity index (χ1n) is 11.4. The molecule has 0 radical (unpaired) electrons. The Labute approximate surface area is 196 Å². The largest absolute Gasteiger partial charge is 0.365 e. The maximum atomic E-state index is 13.3. The molecule has 6 rings (SSSR count). The second kappa shape index (κ2) is 8.96. The standard InChI is InChI=1S/C22H27N7OS.ClH/c30-20-16(21-26-18-15(31-21)7-9-24-17(18)13-5-6-13)19(25-14-4-3-8-23-12-14)27-22(28-20)29-10-1-2-11-29;/h7,9,13-14,23H,1-6,8,10-12H2,(H2,25,27,28,30);1H/t14-;/m1./s1. The van der Waals surface area contributed by atoms with Crippen molar-refractivity contribution in [2.75, 3.05) is 36.4 Å². The zero-order valence-corrected chi connectivity index (χ0v) is 19.5.